The molecule has 0 aromatic heterocycles. The van der Waals surface area contributed by atoms with E-state index in [0.717, 1.165) is 10.6 Å². The molecule has 0 unspecified atom stereocenters. The first kappa shape index (κ1) is 21.6. The van der Waals surface area contributed by atoms with Crippen molar-refractivity contribution in [3.63, 3.8) is 0 Å². The quantitative estimate of drug-likeness (QED) is 0.723. The molecule has 0 radical (unpaired) electrons. The van der Waals surface area contributed by atoms with Crippen LogP contribution in [-0.4, -0.2) is 31.4 Å². The maximum absolute atomic E-state index is 13.0. The summed E-state index contributed by atoms with van der Waals surface area (Å²) in [6.45, 7) is 1.35. The van der Waals surface area contributed by atoms with Gasteiger partial charge in [0, 0.05) is 6.54 Å². The first-order valence-electron chi connectivity index (χ1n) is 8.00. The summed E-state index contributed by atoms with van der Waals surface area (Å²) in [5, 5.41) is 3.37. The molecular formula is C18H19Cl2FN2O3S. The lowest BCUT2D eigenvalue weighted by molar-refractivity contribution is -0.122. The summed E-state index contributed by atoms with van der Waals surface area (Å²) in [7, 11) is -3.64. The predicted molar refractivity (Wildman–Crippen MR) is 105 cm³/mol. The van der Waals surface area contributed by atoms with Gasteiger partial charge in [0.1, 0.15) is 5.82 Å². The van der Waals surface area contributed by atoms with Crippen molar-refractivity contribution in [1.82, 2.24) is 9.62 Å². The molecule has 0 bridgehead atoms. The van der Waals surface area contributed by atoms with E-state index in [-0.39, 0.29) is 18.9 Å². The fraction of sp³-hybridized carbons (Fsp3) is 0.278. The van der Waals surface area contributed by atoms with E-state index in [1.165, 1.54) is 12.1 Å². The van der Waals surface area contributed by atoms with Gasteiger partial charge < -0.3 is 5.32 Å². The van der Waals surface area contributed by atoms with Crippen LogP contribution in [0, 0.1) is 5.82 Å². The van der Waals surface area contributed by atoms with Gasteiger partial charge in [0.25, 0.3) is 0 Å². The minimum absolute atomic E-state index is 0.0198. The Bertz CT molecular complexity index is 921. The van der Waals surface area contributed by atoms with Crippen molar-refractivity contribution < 1.29 is 17.6 Å². The highest BCUT2D eigenvalue weighted by Crippen LogP contribution is 2.23. The van der Waals surface area contributed by atoms with Crippen LogP contribution in [0.25, 0.3) is 0 Å². The summed E-state index contributed by atoms with van der Waals surface area (Å²) >= 11 is 11.8. The van der Waals surface area contributed by atoms with Crippen molar-refractivity contribution in [3.8, 4) is 0 Å². The molecule has 0 heterocycles. The van der Waals surface area contributed by atoms with Gasteiger partial charge in [0.05, 0.1) is 28.9 Å². The number of carbonyl (C=O) groups excluding carboxylic acids is 1. The topological polar surface area (TPSA) is 66.5 Å². The second-order valence-corrected chi connectivity index (χ2v) is 8.92. The van der Waals surface area contributed by atoms with Gasteiger partial charge in [-0.3, -0.25) is 4.79 Å². The van der Waals surface area contributed by atoms with Crippen molar-refractivity contribution in [1.29, 1.82) is 0 Å². The van der Waals surface area contributed by atoms with E-state index in [1.54, 1.807) is 37.3 Å². The Morgan fingerprint density at radius 3 is 2.33 bits per heavy atom. The second-order valence-electron chi connectivity index (χ2n) is 6.12. The molecule has 2 aromatic carbocycles. The van der Waals surface area contributed by atoms with Crippen molar-refractivity contribution in [2.75, 3.05) is 12.8 Å². The highest BCUT2D eigenvalue weighted by atomic mass is 35.5. The SMILES string of the molecule is C[C@@H](NC(=O)CN(Cc1ccc(Cl)c(Cl)c1)S(C)(=O)=O)c1ccc(F)cc1. The third-order valence-corrected chi connectivity index (χ3v) is 5.81. The standard InChI is InChI=1S/C18H19Cl2FN2O3S/c1-12(14-4-6-15(21)7-5-14)22-18(24)11-23(27(2,25)26)10-13-3-8-16(19)17(20)9-13/h3-9,12H,10-11H2,1-2H3,(H,22,24)/t12-/m1/s1. The molecule has 2 aromatic rings. The van der Waals surface area contributed by atoms with Gasteiger partial charge in [-0.15, -0.1) is 0 Å². The molecule has 0 saturated heterocycles. The Hall–Kier alpha value is -1.67. The summed E-state index contributed by atoms with van der Waals surface area (Å²) in [5.41, 5.74) is 1.31. The van der Waals surface area contributed by atoms with Crippen LogP contribution >= 0.6 is 23.2 Å². The lowest BCUT2D eigenvalue weighted by Gasteiger charge is -2.21. The second kappa shape index (κ2) is 9.01. The number of rotatable bonds is 7. The lowest BCUT2D eigenvalue weighted by atomic mass is 10.1. The third kappa shape index (κ3) is 6.46. The molecule has 146 valence electrons. The van der Waals surface area contributed by atoms with Crippen LogP contribution in [0.4, 0.5) is 4.39 Å². The van der Waals surface area contributed by atoms with Crippen LogP contribution in [0.5, 0.6) is 0 Å². The Morgan fingerprint density at radius 1 is 1.15 bits per heavy atom. The van der Waals surface area contributed by atoms with Crippen LogP contribution in [0.15, 0.2) is 42.5 Å². The zero-order valence-electron chi connectivity index (χ0n) is 14.7. The number of sulfonamides is 1. The number of benzene rings is 2. The van der Waals surface area contributed by atoms with Gasteiger partial charge in [-0.25, -0.2) is 12.8 Å². The van der Waals surface area contributed by atoms with E-state index >= 15 is 0 Å². The first-order chi connectivity index (χ1) is 12.6. The highest BCUT2D eigenvalue weighted by Gasteiger charge is 2.22. The fourth-order valence-electron chi connectivity index (χ4n) is 2.41. The first-order valence-corrected chi connectivity index (χ1v) is 10.6. The van der Waals surface area contributed by atoms with Crippen molar-refractivity contribution in [2.24, 2.45) is 0 Å². The van der Waals surface area contributed by atoms with Crippen molar-refractivity contribution in [2.45, 2.75) is 19.5 Å². The average molecular weight is 433 g/mol. The Balaban J connectivity index is 2.07. The molecule has 1 N–H and O–H groups in total. The number of halogens is 3. The van der Waals surface area contributed by atoms with Crippen molar-refractivity contribution in [3.05, 3.63) is 69.5 Å². The average Bonchev–Trinajstić information content (AvgIpc) is 2.57. The summed E-state index contributed by atoms with van der Waals surface area (Å²) in [5.74, 6) is -0.848. The fourth-order valence-corrected chi connectivity index (χ4v) is 3.47. The number of nitrogens with one attached hydrogen (secondary N) is 1. The number of carbonyl (C=O) groups is 1. The van der Waals surface area contributed by atoms with E-state index in [4.69, 9.17) is 23.2 Å². The van der Waals surface area contributed by atoms with Gasteiger partial charge in [0.15, 0.2) is 0 Å². The highest BCUT2D eigenvalue weighted by molar-refractivity contribution is 7.88. The predicted octanol–water partition coefficient (Wildman–Crippen LogP) is 3.77. The van der Waals surface area contributed by atoms with Crippen LogP contribution in [0.2, 0.25) is 10.0 Å². The van der Waals surface area contributed by atoms with E-state index in [0.29, 0.717) is 21.2 Å². The Morgan fingerprint density at radius 2 is 1.78 bits per heavy atom. The molecule has 0 aliphatic rings. The molecule has 0 saturated carbocycles. The molecule has 1 amide bonds. The lowest BCUT2D eigenvalue weighted by Crippen LogP contribution is -2.40. The molecule has 0 spiro atoms. The molecule has 27 heavy (non-hydrogen) atoms. The number of amides is 1. The Kier molecular flexibility index (Phi) is 7.22. The molecule has 0 fully saturated rings. The molecule has 1 atom stereocenters. The molecule has 2 rings (SSSR count). The maximum atomic E-state index is 13.0. The van der Waals surface area contributed by atoms with Crippen LogP contribution in [0.1, 0.15) is 24.1 Å². The zero-order chi connectivity index (χ0) is 20.2. The van der Waals surface area contributed by atoms with Gasteiger partial charge in [-0.1, -0.05) is 41.4 Å². The van der Waals surface area contributed by atoms with E-state index in [1.807, 2.05) is 0 Å². The van der Waals surface area contributed by atoms with Crippen molar-refractivity contribution >= 4 is 39.1 Å². The van der Waals surface area contributed by atoms with Crippen LogP contribution in [0.3, 0.4) is 0 Å². The Labute approximate surface area is 168 Å². The van der Waals surface area contributed by atoms with Crippen LogP contribution in [-0.2, 0) is 21.4 Å². The monoisotopic (exact) mass is 432 g/mol. The van der Waals surface area contributed by atoms with Crippen LogP contribution < -0.4 is 5.32 Å². The van der Waals surface area contributed by atoms with Gasteiger partial charge in [0.2, 0.25) is 15.9 Å². The number of hydrogen-bond donors (Lipinski definition) is 1. The normalized spacial score (nSPS) is 12.8. The van der Waals surface area contributed by atoms with Gasteiger partial charge in [-0.05, 0) is 42.3 Å². The number of hydrogen-bond acceptors (Lipinski definition) is 3. The molecule has 9 heteroatoms. The van der Waals surface area contributed by atoms with Gasteiger partial charge >= 0.3 is 0 Å². The van der Waals surface area contributed by atoms with Gasteiger partial charge in [-0.2, -0.15) is 4.31 Å². The molecular weight excluding hydrogens is 414 g/mol. The number of nitrogens with zero attached hydrogens (tertiary/aromatic N) is 1. The van der Waals surface area contributed by atoms with E-state index in [9.17, 15) is 17.6 Å². The van der Waals surface area contributed by atoms with E-state index in [2.05, 4.69) is 5.32 Å². The third-order valence-electron chi connectivity index (χ3n) is 3.88. The van der Waals surface area contributed by atoms with E-state index < -0.39 is 22.0 Å². The minimum Gasteiger partial charge on any atom is -0.348 e. The smallest absolute Gasteiger partial charge is 0.235 e. The molecule has 5 nitrogen and oxygen atoms in total. The summed E-state index contributed by atoms with van der Waals surface area (Å²) < 4.78 is 38.2. The summed E-state index contributed by atoms with van der Waals surface area (Å²) in [6.07, 6.45) is 1.03. The molecule has 0 aliphatic heterocycles. The zero-order valence-corrected chi connectivity index (χ0v) is 17.1. The maximum Gasteiger partial charge on any atom is 0.235 e. The summed E-state index contributed by atoms with van der Waals surface area (Å²) in [4.78, 5) is 12.3. The largest absolute Gasteiger partial charge is 0.348 e. The minimum atomic E-state index is -3.64. The molecule has 0 aliphatic carbocycles. The summed E-state index contributed by atoms with van der Waals surface area (Å²) in [6, 6.07) is 10.1.